The van der Waals surface area contributed by atoms with Gasteiger partial charge in [-0.1, -0.05) is 7.43 Å². The standard InChI is InChI=1S/C7H12N2.2C6H10N2.CH4/c1-5-6(2)9(4)7(3)8-5;1-5-6(2)8(3)4-7-5;1-5-4-7-6(2)8(5)3;/h1-4H3;2*4H,1-3H3;1H4. The fourth-order valence-electron chi connectivity index (χ4n) is 2.11. The van der Waals surface area contributed by atoms with Crippen LogP contribution in [0.15, 0.2) is 12.5 Å². The summed E-state index contributed by atoms with van der Waals surface area (Å²) < 4.78 is 6.16. The Morgan fingerprint density at radius 2 is 1.27 bits per heavy atom. The summed E-state index contributed by atoms with van der Waals surface area (Å²) in [7, 11) is 6.04. The van der Waals surface area contributed by atoms with E-state index in [1.165, 1.54) is 17.1 Å². The summed E-state index contributed by atoms with van der Waals surface area (Å²) in [6, 6.07) is 0. The Bertz CT molecular complexity index is 714. The van der Waals surface area contributed by atoms with Crippen molar-refractivity contribution < 1.29 is 0 Å². The van der Waals surface area contributed by atoms with E-state index in [0.717, 1.165) is 23.0 Å². The number of imidazole rings is 3. The molecule has 0 fully saturated rings. The van der Waals surface area contributed by atoms with Crippen LogP contribution in [0.2, 0.25) is 0 Å². The summed E-state index contributed by atoms with van der Waals surface area (Å²) in [6.07, 6.45) is 3.69. The second-order valence-electron chi connectivity index (χ2n) is 6.42. The molecular formula is C20H36N6. The lowest BCUT2D eigenvalue weighted by Crippen LogP contribution is -1.92. The van der Waals surface area contributed by atoms with Crippen molar-refractivity contribution in [3.8, 4) is 0 Å². The molecule has 146 valence electrons. The fourth-order valence-corrected chi connectivity index (χ4v) is 2.11. The highest BCUT2D eigenvalue weighted by molar-refractivity contribution is 5.12. The van der Waals surface area contributed by atoms with Crippen LogP contribution in [0, 0.1) is 48.5 Å². The van der Waals surface area contributed by atoms with Gasteiger partial charge in [0, 0.05) is 44.4 Å². The molecule has 0 unspecified atom stereocenters. The lowest BCUT2D eigenvalue weighted by Gasteiger charge is -1.94. The Balaban J connectivity index is 0.000000355. The number of nitrogens with zero attached hydrogens (tertiary/aromatic N) is 6. The molecule has 0 aliphatic rings. The van der Waals surface area contributed by atoms with Crippen LogP contribution in [0.1, 0.15) is 47.5 Å². The molecule has 0 amide bonds. The first-order valence-electron chi connectivity index (χ1n) is 8.42. The van der Waals surface area contributed by atoms with E-state index >= 15 is 0 Å². The minimum absolute atomic E-state index is 0. The van der Waals surface area contributed by atoms with Crippen LogP contribution >= 0.6 is 0 Å². The van der Waals surface area contributed by atoms with Crippen LogP contribution in [-0.4, -0.2) is 28.7 Å². The van der Waals surface area contributed by atoms with Crippen LogP contribution in [0.3, 0.4) is 0 Å². The maximum Gasteiger partial charge on any atom is 0.105 e. The minimum Gasteiger partial charge on any atom is -0.338 e. The second-order valence-corrected chi connectivity index (χ2v) is 6.42. The molecule has 0 aliphatic carbocycles. The molecule has 0 N–H and O–H groups in total. The lowest BCUT2D eigenvalue weighted by atomic mass is 10.4. The van der Waals surface area contributed by atoms with E-state index in [4.69, 9.17) is 0 Å². The van der Waals surface area contributed by atoms with Gasteiger partial charge in [-0.05, 0) is 48.5 Å². The van der Waals surface area contributed by atoms with E-state index in [0.29, 0.717) is 0 Å². The van der Waals surface area contributed by atoms with Gasteiger partial charge in [0.25, 0.3) is 0 Å². The average Bonchev–Trinajstić information content (AvgIpc) is 3.11. The first-order valence-corrected chi connectivity index (χ1v) is 8.42. The summed E-state index contributed by atoms with van der Waals surface area (Å²) in [5.74, 6) is 2.16. The van der Waals surface area contributed by atoms with Gasteiger partial charge in [0.05, 0.1) is 17.7 Å². The maximum atomic E-state index is 4.27. The van der Waals surface area contributed by atoms with Crippen molar-refractivity contribution in [3.05, 3.63) is 52.6 Å². The summed E-state index contributed by atoms with van der Waals surface area (Å²) >= 11 is 0. The predicted octanol–water partition coefficient (Wildman–Crippen LogP) is 4.06. The highest BCUT2D eigenvalue weighted by Crippen LogP contribution is 2.05. The SMILES string of the molecule is C.Cc1cnc(C)n1C.Cc1nc(C)n(C)c1C.Cc1ncn(C)c1C. The number of hydrogen-bond donors (Lipinski definition) is 0. The van der Waals surface area contributed by atoms with Gasteiger partial charge in [-0.25, -0.2) is 15.0 Å². The van der Waals surface area contributed by atoms with Crippen LogP contribution in [0.5, 0.6) is 0 Å². The number of hydrogen-bond acceptors (Lipinski definition) is 3. The molecule has 0 radical (unpaired) electrons. The van der Waals surface area contributed by atoms with Crippen molar-refractivity contribution in [2.24, 2.45) is 21.1 Å². The second kappa shape index (κ2) is 9.94. The van der Waals surface area contributed by atoms with E-state index in [2.05, 4.69) is 37.9 Å². The van der Waals surface area contributed by atoms with Crippen molar-refractivity contribution in [1.82, 2.24) is 28.7 Å². The van der Waals surface area contributed by atoms with Gasteiger partial charge < -0.3 is 13.7 Å². The molecule has 0 spiro atoms. The van der Waals surface area contributed by atoms with Crippen molar-refractivity contribution >= 4 is 0 Å². The normalized spacial score (nSPS) is 9.62. The van der Waals surface area contributed by atoms with Gasteiger partial charge in [-0.3, -0.25) is 0 Å². The third-order valence-electron chi connectivity index (χ3n) is 4.77. The van der Waals surface area contributed by atoms with E-state index in [1.54, 1.807) is 0 Å². The zero-order chi connectivity index (χ0) is 19.3. The molecule has 6 nitrogen and oxygen atoms in total. The van der Waals surface area contributed by atoms with E-state index in [9.17, 15) is 0 Å². The van der Waals surface area contributed by atoms with Crippen LogP contribution < -0.4 is 0 Å². The molecular weight excluding hydrogens is 324 g/mol. The summed E-state index contributed by atoms with van der Waals surface area (Å²) in [4.78, 5) is 12.4. The van der Waals surface area contributed by atoms with Gasteiger partial charge in [0.1, 0.15) is 11.6 Å². The Morgan fingerprint density at radius 3 is 1.38 bits per heavy atom. The van der Waals surface area contributed by atoms with Gasteiger partial charge in [-0.15, -0.1) is 0 Å². The molecule has 3 aromatic heterocycles. The van der Waals surface area contributed by atoms with Crippen LogP contribution in [-0.2, 0) is 21.1 Å². The van der Waals surface area contributed by atoms with Crippen molar-refractivity contribution in [3.63, 3.8) is 0 Å². The topological polar surface area (TPSA) is 53.5 Å². The van der Waals surface area contributed by atoms with E-state index in [1.807, 2.05) is 72.9 Å². The number of aryl methyl sites for hydroxylation is 6. The summed E-state index contributed by atoms with van der Waals surface area (Å²) in [5, 5.41) is 0. The minimum atomic E-state index is 0. The van der Waals surface area contributed by atoms with Gasteiger partial charge in [0.15, 0.2) is 0 Å². The molecule has 0 saturated heterocycles. The van der Waals surface area contributed by atoms with Crippen molar-refractivity contribution in [1.29, 1.82) is 0 Å². The zero-order valence-electron chi connectivity index (χ0n) is 17.3. The monoisotopic (exact) mass is 360 g/mol. The third kappa shape index (κ3) is 5.86. The summed E-state index contributed by atoms with van der Waals surface area (Å²) in [5.41, 5.74) is 5.96. The molecule has 3 aromatic rings. The maximum absolute atomic E-state index is 4.27. The fraction of sp³-hybridized carbons (Fsp3) is 0.550. The first kappa shape index (κ1) is 23.6. The highest BCUT2D eigenvalue weighted by Gasteiger charge is 2.00. The van der Waals surface area contributed by atoms with Crippen LogP contribution in [0.25, 0.3) is 0 Å². The molecule has 0 bridgehead atoms. The average molecular weight is 361 g/mol. The number of aromatic nitrogens is 6. The first-order chi connectivity index (χ1) is 11.6. The van der Waals surface area contributed by atoms with Crippen molar-refractivity contribution in [2.45, 2.75) is 55.9 Å². The summed E-state index contributed by atoms with van der Waals surface area (Å²) in [6.45, 7) is 14.2. The van der Waals surface area contributed by atoms with Crippen LogP contribution in [0.4, 0.5) is 0 Å². The third-order valence-corrected chi connectivity index (χ3v) is 4.77. The largest absolute Gasteiger partial charge is 0.338 e. The zero-order valence-corrected chi connectivity index (χ0v) is 17.3. The molecule has 3 heterocycles. The molecule has 26 heavy (non-hydrogen) atoms. The molecule has 0 aromatic carbocycles. The lowest BCUT2D eigenvalue weighted by molar-refractivity contribution is 0.827. The molecule has 0 aliphatic heterocycles. The molecule has 0 saturated carbocycles. The molecule has 6 heteroatoms. The highest BCUT2D eigenvalue weighted by atomic mass is 15.1. The molecule has 3 rings (SSSR count). The van der Waals surface area contributed by atoms with E-state index in [-0.39, 0.29) is 7.43 Å². The predicted molar refractivity (Wildman–Crippen MR) is 110 cm³/mol. The van der Waals surface area contributed by atoms with Gasteiger partial charge >= 0.3 is 0 Å². The Labute approximate surface area is 158 Å². The van der Waals surface area contributed by atoms with Crippen molar-refractivity contribution in [2.75, 3.05) is 0 Å². The Morgan fingerprint density at radius 1 is 0.692 bits per heavy atom. The quantitative estimate of drug-likeness (QED) is 0.607. The smallest absolute Gasteiger partial charge is 0.105 e. The molecule has 0 atom stereocenters. The Hall–Kier alpha value is -2.37. The number of rotatable bonds is 0. The van der Waals surface area contributed by atoms with Gasteiger partial charge in [-0.2, -0.15) is 0 Å². The van der Waals surface area contributed by atoms with E-state index < -0.39 is 0 Å². The van der Waals surface area contributed by atoms with Gasteiger partial charge in [0.2, 0.25) is 0 Å². The Kier molecular flexibility index (Phi) is 9.04.